The minimum absolute atomic E-state index is 0.810. The lowest BCUT2D eigenvalue weighted by molar-refractivity contribution is 1.19. The first kappa shape index (κ1) is 12.5. The molecule has 0 heterocycles. The molecular formula is C19H16N. The highest BCUT2D eigenvalue weighted by Crippen LogP contribution is 2.20. The molecule has 20 heavy (non-hydrogen) atoms. The molecule has 3 aromatic carbocycles. The van der Waals surface area contributed by atoms with Gasteiger partial charge < -0.3 is 5.73 Å². The lowest BCUT2D eigenvalue weighted by Crippen LogP contribution is -1.90. The number of nitrogen functional groups attached to an aromatic ring is 1. The normalized spacial score (nSPS) is 10.4. The van der Waals surface area contributed by atoms with E-state index in [1.54, 1.807) is 0 Å². The SMILES string of the molecule is Nc1ccc(Cc2ccc(-c3cc[c]cc3)cc2)cc1. The summed E-state index contributed by atoms with van der Waals surface area (Å²) in [6.07, 6.45) is 0.934. The molecule has 0 fully saturated rings. The monoisotopic (exact) mass is 258 g/mol. The Bertz CT molecular complexity index is 667. The topological polar surface area (TPSA) is 26.0 Å². The van der Waals surface area contributed by atoms with Gasteiger partial charge in [-0.05, 0) is 46.9 Å². The van der Waals surface area contributed by atoms with E-state index >= 15 is 0 Å². The van der Waals surface area contributed by atoms with Crippen LogP contribution in [0.25, 0.3) is 11.1 Å². The highest BCUT2D eigenvalue weighted by Gasteiger charge is 1.99. The average Bonchev–Trinajstić information content (AvgIpc) is 2.51. The standard InChI is InChI=1S/C19H16N/c20-19-12-8-16(9-13-19)14-15-6-10-18(11-7-15)17-4-2-1-3-5-17/h2-13H,14,20H2. The summed E-state index contributed by atoms with van der Waals surface area (Å²) in [7, 11) is 0. The van der Waals surface area contributed by atoms with Crippen molar-refractivity contribution >= 4 is 5.69 Å². The molecule has 0 bridgehead atoms. The second kappa shape index (κ2) is 5.62. The Morgan fingerprint density at radius 3 is 1.75 bits per heavy atom. The predicted molar refractivity (Wildman–Crippen MR) is 84.4 cm³/mol. The third-order valence-electron chi connectivity index (χ3n) is 3.39. The van der Waals surface area contributed by atoms with Crippen molar-refractivity contribution in [3.05, 3.63) is 90.0 Å². The van der Waals surface area contributed by atoms with Crippen LogP contribution in [0.3, 0.4) is 0 Å². The molecule has 0 spiro atoms. The van der Waals surface area contributed by atoms with Gasteiger partial charge in [-0.15, -0.1) is 0 Å². The van der Waals surface area contributed by atoms with E-state index < -0.39 is 0 Å². The first-order chi connectivity index (χ1) is 9.81. The number of rotatable bonds is 3. The molecule has 3 rings (SSSR count). The van der Waals surface area contributed by atoms with Gasteiger partial charge in [-0.1, -0.05) is 60.7 Å². The van der Waals surface area contributed by atoms with E-state index in [-0.39, 0.29) is 0 Å². The summed E-state index contributed by atoms with van der Waals surface area (Å²) in [4.78, 5) is 0. The Morgan fingerprint density at radius 2 is 1.15 bits per heavy atom. The molecule has 0 saturated heterocycles. The van der Waals surface area contributed by atoms with Gasteiger partial charge >= 0.3 is 0 Å². The van der Waals surface area contributed by atoms with Crippen molar-refractivity contribution in [2.45, 2.75) is 6.42 Å². The Morgan fingerprint density at radius 1 is 0.650 bits per heavy atom. The maximum Gasteiger partial charge on any atom is 0.0314 e. The van der Waals surface area contributed by atoms with Gasteiger partial charge in [0, 0.05) is 5.69 Å². The van der Waals surface area contributed by atoms with Crippen molar-refractivity contribution in [1.82, 2.24) is 0 Å². The summed E-state index contributed by atoms with van der Waals surface area (Å²) in [6.45, 7) is 0. The maximum absolute atomic E-state index is 5.70. The molecule has 0 aliphatic rings. The summed E-state index contributed by atoms with van der Waals surface area (Å²) < 4.78 is 0. The van der Waals surface area contributed by atoms with Gasteiger partial charge in [0.15, 0.2) is 0 Å². The summed E-state index contributed by atoms with van der Waals surface area (Å²) in [5.74, 6) is 0. The van der Waals surface area contributed by atoms with Crippen molar-refractivity contribution in [1.29, 1.82) is 0 Å². The van der Waals surface area contributed by atoms with Crippen LogP contribution in [0.15, 0.2) is 72.8 Å². The molecule has 1 radical (unpaired) electrons. The Labute approximate surface area is 119 Å². The van der Waals surface area contributed by atoms with Crippen LogP contribution < -0.4 is 5.73 Å². The van der Waals surface area contributed by atoms with Crippen LogP contribution in [0.2, 0.25) is 0 Å². The lowest BCUT2D eigenvalue weighted by Gasteiger charge is -2.05. The van der Waals surface area contributed by atoms with Crippen molar-refractivity contribution in [2.24, 2.45) is 0 Å². The molecule has 0 amide bonds. The molecule has 97 valence electrons. The van der Waals surface area contributed by atoms with Crippen LogP contribution in [0, 0.1) is 6.07 Å². The minimum atomic E-state index is 0.810. The third kappa shape index (κ3) is 2.89. The minimum Gasteiger partial charge on any atom is -0.399 e. The highest BCUT2D eigenvalue weighted by molar-refractivity contribution is 5.63. The second-order valence-electron chi connectivity index (χ2n) is 4.90. The summed E-state index contributed by atoms with van der Waals surface area (Å²) in [6, 6.07) is 27.8. The van der Waals surface area contributed by atoms with Gasteiger partial charge in [0.2, 0.25) is 0 Å². The number of hydrogen-bond donors (Lipinski definition) is 1. The zero-order chi connectivity index (χ0) is 13.8. The largest absolute Gasteiger partial charge is 0.399 e. The first-order valence-electron chi connectivity index (χ1n) is 6.71. The molecule has 0 aromatic heterocycles. The summed E-state index contributed by atoms with van der Waals surface area (Å²) in [5.41, 5.74) is 11.6. The number of anilines is 1. The average molecular weight is 258 g/mol. The molecular weight excluding hydrogens is 242 g/mol. The Kier molecular flexibility index (Phi) is 3.51. The Hall–Kier alpha value is -2.54. The zero-order valence-electron chi connectivity index (χ0n) is 11.2. The van der Waals surface area contributed by atoms with E-state index in [1.807, 2.05) is 24.3 Å². The van der Waals surface area contributed by atoms with Crippen LogP contribution in [-0.4, -0.2) is 0 Å². The van der Waals surface area contributed by atoms with Crippen molar-refractivity contribution in [3.63, 3.8) is 0 Å². The summed E-state index contributed by atoms with van der Waals surface area (Å²) >= 11 is 0. The Balaban J connectivity index is 1.78. The van der Waals surface area contributed by atoms with Crippen molar-refractivity contribution in [3.8, 4) is 11.1 Å². The molecule has 0 aliphatic heterocycles. The van der Waals surface area contributed by atoms with Gasteiger partial charge in [-0.2, -0.15) is 0 Å². The maximum atomic E-state index is 5.70. The van der Waals surface area contributed by atoms with Gasteiger partial charge in [0.1, 0.15) is 0 Å². The molecule has 0 saturated carbocycles. The number of benzene rings is 3. The highest BCUT2D eigenvalue weighted by atomic mass is 14.5. The number of nitrogens with two attached hydrogens (primary N) is 1. The van der Waals surface area contributed by atoms with Crippen LogP contribution >= 0.6 is 0 Å². The van der Waals surface area contributed by atoms with Gasteiger partial charge in [0.25, 0.3) is 0 Å². The smallest absolute Gasteiger partial charge is 0.0314 e. The van der Waals surface area contributed by atoms with Gasteiger partial charge in [-0.3, -0.25) is 0 Å². The molecule has 0 unspecified atom stereocenters. The fourth-order valence-corrected chi connectivity index (χ4v) is 2.27. The zero-order valence-corrected chi connectivity index (χ0v) is 11.2. The van der Waals surface area contributed by atoms with Crippen LogP contribution in [0.1, 0.15) is 11.1 Å². The molecule has 3 aromatic rings. The third-order valence-corrected chi connectivity index (χ3v) is 3.39. The molecule has 1 nitrogen and oxygen atoms in total. The first-order valence-corrected chi connectivity index (χ1v) is 6.71. The second-order valence-corrected chi connectivity index (χ2v) is 4.90. The van der Waals surface area contributed by atoms with Crippen LogP contribution in [0.5, 0.6) is 0 Å². The van der Waals surface area contributed by atoms with Crippen LogP contribution in [-0.2, 0) is 6.42 Å². The quantitative estimate of drug-likeness (QED) is 0.695. The van der Waals surface area contributed by atoms with E-state index in [4.69, 9.17) is 5.73 Å². The van der Waals surface area contributed by atoms with Crippen molar-refractivity contribution < 1.29 is 0 Å². The number of hydrogen-bond acceptors (Lipinski definition) is 1. The molecule has 0 aliphatic carbocycles. The summed E-state index contributed by atoms with van der Waals surface area (Å²) in [5, 5.41) is 0. The van der Waals surface area contributed by atoms with E-state index in [9.17, 15) is 0 Å². The van der Waals surface area contributed by atoms with E-state index in [0.29, 0.717) is 0 Å². The van der Waals surface area contributed by atoms with Crippen LogP contribution in [0.4, 0.5) is 5.69 Å². The molecule has 0 atom stereocenters. The van der Waals surface area contributed by atoms with E-state index in [2.05, 4.69) is 54.6 Å². The fraction of sp³-hybridized carbons (Fsp3) is 0.0526. The predicted octanol–water partition coefficient (Wildman–Crippen LogP) is 4.33. The van der Waals surface area contributed by atoms with E-state index in [1.165, 1.54) is 22.3 Å². The lowest BCUT2D eigenvalue weighted by atomic mass is 10.0. The van der Waals surface area contributed by atoms with Gasteiger partial charge in [-0.25, -0.2) is 0 Å². The van der Waals surface area contributed by atoms with Gasteiger partial charge in [0.05, 0.1) is 0 Å². The fourth-order valence-electron chi connectivity index (χ4n) is 2.27. The van der Waals surface area contributed by atoms with E-state index in [0.717, 1.165) is 12.1 Å². The van der Waals surface area contributed by atoms with Crippen molar-refractivity contribution in [2.75, 3.05) is 5.73 Å². The molecule has 1 heteroatoms. The molecule has 2 N–H and O–H groups in total.